The molecule has 2 bridgehead atoms. The first-order chi connectivity index (χ1) is 8.74. The molecule has 1 N–H and O–H groups in total. The number of thiophene rings is 1. The summed E-state index contributed by atoms with van der Waals surface area (Å²) in [5, 5.41) is 7.31. The third kappa shape index (κ3) is 2.31. The molecule has 98 valence electrons. The molecule has 3 heterocycles. The Morgan fingerprint density at radius 1 is 1.61 bits per heavy atom. The molecule has 18 heavy (non-hydrogen) atoms. The van der Waals surface area contributed by atoms with Crippen molar-refractivity contribution in [2.75, 3.05) is 6.54 Å². The second-order valence-corrected chi connectivity index (χ2v) is 6.20. The van der Waals surface area contributed by atoms with Gasteiger partial charge in [-0.1, -0.05) is 6.92 Å². The van der Waals surface area contributed by atoms with Crippen LogP contribution in [0.25, 0.3) is 0 Å². The van der Waals surface area contributed by atoms with Crippen LogP contribution in [0.1, 0.15) is 37.7 Å². The van der Waals surface area contributed by atoms with Gasteiger partial charge in [0.05, 0.1) is 18.1 Å². The van der Waals surface area contributed by atoms with Gasteiger partial charge in [-0.15, -0.1) is 0 Å². The van der Waals surface area contributed by atoms with Crippen LogP contribution in [0, 0.1) is 5.92 Å². The topological polar surface area (TPSA) is 38.3 Å². The molecular formula is C14H19NO2S. The van der Waals surface area contributed by atoms with E-state index in [1.54, 1.807) is 11.3 Å². The van der Waals surface area contributed by atoms with E-state index in [0.717, 1.165) is 25.8 Å². The van der Waals surface area contributed by atoms with Crippen LogP contribution in [-0.2, 0) is 9.53 Å². The van der Waals surface area contributed by atoms with Gasteiger partial charge in [0.25, 0.3) is 0 Å². The van der Waals surface area contributed by atoms with Crippen LogP contribution in [0.15, 0.2) is 16.8 Å². The number of carbonyl (C=O) groups is 1. The van der Waals surface area contributed by atoms with Crippen molar-refractivity contribution in [2.45, 2.75) is 44.3 Å². The molecule has 0 spiro atoms. The summed E-state index contributed by atoms with van der Waals surface area (Å²) in [6.07, 6.45) is 3.65. The van der Waals surface area contributed by atoms with Crippen LogP contribution in [0.3, 0.4) is 0 Å². The van der Waals surface area contributed by atoms with E-state index < -0.39 is 0 Å². The highest BCUT2D eigenvalue weighted by Crippen LogP contribution is 2.38. The summed E-state index contributed by atoms with van der Waals surface area (Å²) in [6, 6.07) is 2.13. The Morgan fingerprint density at radius 2 is 2.50 bits per heavy atom. The molecular weight excluding hydrogens is 246 g/mol. The highest BCUT2D eigenvalue weighted by atomic mass is 32.1. The van der Waals surface area contributed by atoms with E-state index in [-0.39, 0.29) is 17.9 Å². The lowest BCUT2D eigenvalue weighted by Gasteiger charge is -2.19. The van der Waals surface area contributed by atoms with Gasteiger partial charge >= 0.3 is 0 Å². The van der Waals surface area contributed by atoms with Crippen LogP contribution in [0.2, 0.25) is 0 Å². The summed E-state index contributed by atoms with van der Waals surface area (Å²) in [6.45, 7) is 2.88. The fourth-order valence-electron chi connectivity index (χ4n) is 2.97. The maximum absolute atomic E-state index is 12.1. The van der Waals surface area contributed by atoms with E-state index in [4.69, 9.17) is 4.74 Å². The van der Waals surface area contributed by atoms with Gasteiger partial charge in [-0.25, -0.2) is 0 Å². The predicted octanol–water partition coefficient (Wildman–Crippen LogP) is 2.54. The standard InChI is InChI=1S/C14H19NO2S/c1-9(10-4-5-18-8-10)7-15-14(16)12-6-11-2-3-13(12)17-11/h4-5,8-9,11-13H,2-3,6-7H2,1H3,(H,15,16)/t9-,11+,12-,13+/m0/s1. The van der Waals surface area contributed by atoms with Crippen molar-refractivity contribution in [3.63, 3.8) is 0 Å². The molecule has 3 rings (SSSR count). The first-order valence-corrected chi connectivity index (χ1v) is 7.63. The average Bonchev–Trinajstić information content (AvgIpc) is 3.09. The summed E-state index contributed by atoms with van der Waals surface area (Å²) in [4.78, 5) is 12.1. The van der Waals surface area contributed by atoms with Gasteiger partial charge < -0.3 is 10.1 Å². The fourth-order valence-corrected chi connectivity index (χ4v) is 3.75. The second-order valence-electron chi connectivity index (χ2n) is 5.42. The van der Waals surface area contributed by atoms with Crippen LogP contribution < -0.4 is 5.32 Å². The lowest BCUT2D eigenvalue weighted by molar-refractivity contribution is -0.126. The SMILES string of the molecule is C[C@@H](CNC(=O)[C@H]1C[C@H]2CC[C@H]1O2)c1ccsc1. The fraction of sp³-hybridized carbons (Fsp3) is 0.643. The molecule has 2 saturated heterocycles. The summed E-state index contributed by atoms with van der Waals surface area (Å²) in [5.74, 6) is 0.669. The van der Waals surface area contributed by atoms with E-state index in [2.05, 4.69) is 29.1 Å². The number of fused-ring (bicyclic) bond motifs is 2. The van der Waals surface area contributed by atoms with Crippen molar-refractivity contribution in [1.82, 2.24) is 5.32 Å². The van der Waals surface area contributed by atoms with Crippen LogP contribution >= 0.6 is 11.3 Å². The van der Waals surface area contributed by atoms with E-state index in [1.807, 2.05) is 0 Å². The third-order valence-electron chi connectivity index (χ3n) is 4.14. The molecule has 1 aromatic heterocycles. The molecule has 1 aromatic rings. The molecule has 4 heteroatoms. The van der Waals surface area contributed by atoms with Crippen molar-refractivity contribution >= 4 is 17.2 Å². The van der Waals surface area contributed by atoms with Gasteiger partial charge in [-0.2, -0.15) is 11.3 Å². The first kappa shape index (κ1) is 12.2. The Morgan fingerprint density at radius 3 is 3.11 bits per heavy atom. The predicted molar refractivity (Wildman–Crippen MR) is 71.7 cm³/mol. The van der Waals surface area contributed by atoms with E-state index >= 15 is 0 Å². The Hall–Kier alpha value is -0.870. The largest absolute Gasteiger partial charge is 0.374 e. The molecule has 0 aliphatic carbocycles. The van der Waals surface area contributed by atoms with Crippen molar-refractivity contribution < 1.29 is 9.53 Å². The van der Waals surface area contributed by atoms with Gasteiger partial charge in [-0.3, -0.25) is 4.79 Å². The highest BCUT2D eigenvalue weighted by Gasteiger charge is 2.44. The molecule has 2 fully saturated rings. The number of hydrogen-bond acceptors (Lipinski definition) is 3. The van der Waals surface area contributed by atoms with Crippen LogP contribution in [0.5, 0.6) is 0 Å². The maximum atomic E-state index is 12.1. The van der Waals surface area contributed by atoms with E-state index in [0.29, 0.717) is 12.0 Å². The smallest absolute Gasteiger partial charge is 0.225 e. The number of carbonyl (C=O) groups excluding carboxylic acids is 1. The Labute approximate surface area is 112 Å². The normalized spacial score (nSPS) is 31.5. The summed E-state index contributed by atoms with van der Waals surface area (Å²) < 4.78 is 5.73. The number of hydrogen-bond donors (Lipinski definition) is 1. The van der Waals surface area contributed by atoms with Gasteiger partial charge in [0.1, 0.15) is 0 Å². The first-order valence-electron chi connectivity index (χ1n) is 6.69. The number of nitrogens with one attached hydrogen (secondary N) is 1. The van der Waals surface area contributed by atoms with Gasteiger partial charge in [0, 0.05) is 6.54 Å². The molecule has 0 saturated carbocycles. The third-order valence-corrected chi connectivity index (χ3v) is 4.84. The summed E-state index contributed by atoms with van der Waals surface area (Å²) in [7, 11) is 0. The molecule has 1 amide bonds. The van der Waals surface area contributed by atoms with Crippen molar-refractivity contribution in [3.05, 3.63) is 22.4 Å². The minimum Gasteiger partial charge on any atom is -0.374 e. The van der Waals surface area contributed by atoms with Gasteiger partial charge in [0.15, 0.2) is 0 Å². The van der Waals surface area contributed by atoms with Crippen molar-refractivity contribution in [2.24, 2.45) is 5.92 Å². The number of amides is 1. The number of rotatable bonds is 4. The quantitative estimate of drug-likeness (QED) is 0.908. The minimum absolute atomic E-state index is 0.0958. The maximum Gasteiger partial charge on any atom is 0.225 e. The Balaban J connectivity index is 1.50. The van der Waals surface area contributed by atoms with Crippen LogP contribution in [0.4, 0.5) is 0 Å². The summed E-state index contributed by atoms with van der Waals surface area (Å²) in [5.41, 5.74) is 1.31. The lowest BCUT2D eigenvalue weighted by Crippen LogP contribution is -2.37. The number of ether oxygens (including phenoxy) is 1. The zero-order chi connectivity index (χ0) is 12.5. The molecule has 2 aliphatic heterocycles. The summed E-state index contributed by atoms with van der Waals surface area (Å²) >= 11 is 1.70. The zero-order valence-electron chi connectivity index (χ0n) is 10.6. The van der Waals surface area contributed by atoms with Crippen molar-refractivity contribution in [1.29, 1.82) is 0 Å². The second kappa shape index (κ2) is 5.02. The van der Waals surface area contributed by atoms with E-state index in [1.165, 1.54) is 5.56 Å². The van der Waals surface area contributed by atoms with Gasteiger partial charge in [-0.05, 0) is 47.6 Å². The Bertz CT molecular complexity index is 417. The molecule has 0 unspecified atom stereocenters. The monoisotopic (exact) mass is 265 g/mol. The Kier molecular flexibility index (Phi) is 3.39. The van der Waals surface area contributed by atoms with E-state index in [9.17, 15) is 4.79 Å². The average molecular weight is 265 g/mol. The molecule has 3 nitrogen and oxygen atoms in total. The molecule has 2 aliphatic rings. The molecule has 0 aromatic carbocycles. The van der Waals surface area contributed by atoms with Crippen molar-refractivity contribution in [3.8, 4) is 0 Å². The lowest BCUT2D eigenvalue weighted by atomic mass is 9.88. The minimum atomic E-state index is 0.0958. The molecule has 0 radical (unpaired) electrons. The zero-order valence-corrected chi connectivity index (χ0v) is 11.4. The highest BCUT2D eigenvalue weighted by molar-refractivity contribution is 7.07. The van der Waals surface area contributed by atoms with Gasteiger partial charge in [0.2, 0.25) is 5.91 Å². The molecule has 4 atom stereocenters. The van der Waals surface area contributed by atoms with Crippen LogP contribution in [-0.4, -0.2) is 24.7 Å².